The second-order valence-electron chi connectivity index (χ2n) is 8.79. The van der Waals surface area contributed by atoms with Crippen molar-refractivity contribution in [2.75, 3.05) is 11.4 Å². The van der Waals surface area contributed by atoms with E-state index >= 15 is 0 Å². The second-order valence-corrected chi connectivity index (χ2v) is 8.79. The summed E-state index contributed by atoms with van der Waals surface area (Å²) in [5, 5.41) is 19.1. The highest BCUT2D eigenvalue weighted by Crippen LogP contribution is 2.54. The number of rotatable bonds is 6. The molecule has 1 heterocycles. The van der Waals surface area contributed by atoms with Gasteiger partial charge in [-0.05, 0) is 55.4 Å². The standard InChI is InChI=1S/C29H29N3/c1-3-4-19-32-27-15-9-8-14-26(27)29(2)18-10-13-23(28(29)32)16-17-25(24(20-30)21-31)22-11-6-5-7-12-22/h5-9,11-12,14-17H,3-4,10,13,18-19H2,1-2H3/b17-16+. The maximum Gasteiger partial charge on any atom is 0.137 e. The van der Waals surface area contributed by atoms with Crippen molar-refractivity contribution in [1.29, 1.82) is 10.5 Å². The maximum absolute atomic E-state index is 9.56. The van der Waals surface area contributed by atoms with Crippen molar-refractivity contribution in [2.24, 2.45) is 0 Å². The molecular formula is C29H29N3. The summed E-state index contributed by atoms with van der Waals surface area (Å²) in [6.45, 7) is 5.63. The van der Waals surface area contributed by atoms with Crippen LogP contribution in [0.25, 0.3) is 5.57 Å². The Balaban J connectivity index is 1.84. The number of nitriles is 2. The Kier molecular flexibility index (Phi) is 6.29. The molecule has 3 heteroatoms. The first-order valence-corrected chi connectivity index (χ1v) is 11.5. The molecule has 2 aromatic rings. The number of nitrogens with zero attached hydrogens (tertiary/aromatic N) is 3. The minimum Gasteiger partial charge on any atom is -0.344 e. The molecule has 2 aromatic carbocycles. The molecule has 0 radical (unpaired) electrons. The van der Waals surface area contributed by atoms with Crippen LogP contribution in [-0.2, 0) is 5.41 Å². The Hall–Kier alpha value is -3.56. The zero-order valence-corrected chi connectivity index (χ0v) is 18.9. The number of allylic oxidation sites excluding steroid dienone is 6. The summed E-state index contributed by atoms with van der Waals surface area (Å²) in [5.74, 6) is 0. The molecule has 0 fully saturated rings. The number of benzene rings is 2. The number of hydrogen-bond donors (Lipinski definition) is 0. The third-order valence-electron chi connectivity index (χ3n) is 6.77. The van der Waals surface area contributed by atoms with Crippen LogP contribution in [0.1, 0.15) is 57.1 Å². The van der Waals surface area contributed by atoms with Gasteiger partial charge in [0.15, 0.2) is 0 Å². The summed E-state index contributed by atoms with van der Waals surface area (Å²) in [6.07, 6.45) is 9.72. The molecule has 0 amide bonds. The Morgan fingerprint density at radius 3 is 2.50 bits per heavy atom. The molecular weight excluding hydrogens is 390 g/mol. The number of anilines is 1. The zero-order valence-electron chi connectivity index (χ0n) is 18.9. The minimum atomic E-state index is 0.00612. The summed E-state index contributed by atoms with van der Waals surface area (Å²) < 4.78 is 0. The highest BCUT2D eigenvalue weighted by Gasteiger charge is 2.45. The molecule has 1 atom stereocenters. The molecule has 4 rings (SSSR count). The average molecular weight is 420 g/mol. The Labute approximate surface area is 191 Å². The summed E-state index contributed by atoms with van der Waals surface area (Å²) >= 11 is 0. The number of para-hydroxylation sites is 1. The Morgan fingerprint density at radius 2 is 1.78 bits per heavy atom. The molecule has 160 valence electrons. The van der Waals surface area contributed by atoms with Gasteiger partial charge in [-0.3, -0.25) is 0 Å². The number of unbranched alkanes of at least 4 members (excludes halogenated alkanes) is 1. The van der Waals surface area contributed by atoms with Crippen LogP contribution in [0.15, 0.2) is 83.6 Å². The molecule has 0 saturated carbocycles. The molecule has 1 aliphatic carbocycles. The lowest BCUT2D eigenvalue weighted by Crippen LogP contribution is -2.33. The van der Waals surface area contributed by atoms with Crippen molar-refractivity contribution in [3.63, 3.8) is 0 Å². The smallest absolute Gasteiger partial charge is 0.137 e. The topological polar surface area (TPSA) is 50.8 Å². The van der Waals surface area contributed by atoms with Gasteiger partial charge in [0.25, 0.3) is 0 Å². The van der Waals surface area contributed by atoms with Gasteiger partial charge in [0.2, 0.25) is 0 Å². The van der Waals surface area contributed by atoms with E-state index in [2.05, 4.69) is 61.2 Å². The first kappa shape index (κ1) is 21.7. The molecule has 32 heavy (non-hydrogen) atoms. The normalized spacial score (nSPS) is 19.3. The van der Waals surface area contributed by atoms with Crippen LogP contribution in [0.3, 0.4) is 0 Å². The van der Waals surface area contributed by atoms with Gasteiger partial charge < -0.3 is 4.90 Å². The predicted molar refractivity (Wildman–Crippen MR) is 131 cm³/mol. The van der Waals surface area contributed by atoms with Crippen LogP contribution in [0.5, 0.6) is 0 Å². The predicted octanol–water partition coefficient (Wildman–Crippen LogP) is 7.06. The quantitative estimate of drug-likeness (QED) is 0.372. The lowest BCUT2D eigenvalue weighted by atomic mass is 9.72. The number of fused-ring (bicyclic) bond motifs is 3. The zero-order chi connectivity index (χ0) is 22.6. The summed E-state index contributed by atoms with van der Waals surface area (Å²) in [4.78, 5) is 2.53. The molecule has 2 aliphatic rings. The molecule has 0 aromatic heterocycles. The van der Waals surface area contributed by atoms with Crippen LogP contribution in [-0.4, -0.2) is 6.54 Å². The summed E-state index contributed by atoms with van der Waals surface area (Å²) in [5.41, 5.74) is 7.20. The fraction of sp³-hybridized carbons (Fsp3) is 0.310. The first-order chi connectivity index (χ1) is 15.6. The van der Waals surface area contributed by atoms with E-state index in [0.717, 1.165) is 44.2 Å². The first-order valence-electron chi connectivity index (χ1n) is 11.5. The van der Waals surface area contributed by atoms with E-state index in [4.69, 9.17) is 0 Å². The van der Waals surface area contributed by atoms with Gasteiger partial charge in [-0.25, -0.2) is 0 Å². The van der Waals surface area contributed by atoms with E-state index in [1.165, 1.54) is 22.5 Å². The van der Waals surface area contributed by atoms with Crippen LogP contribution in [0, 0.1) is 22.7 Å². The van der Waals surface area contributed by atoms with E-state index in [1.807, 2.05) is 36.4 Å². The van der Waals surface area contributed by atoms with Gasteiger partial charge in [0.05, 0.1) is 0 Å². The van der Waals surface area contributed by atoms with Gasteiger partial charge >= 0.3 is 0 Å². The fourth-order valence-electron chi connectivity index (χ4n) is 5.23. The van der Waals surface area contributed by atoms with Crippen LogP contribution in [0.2, 0.25) is 0 Å². The van der Waals surface area contributed by atoms with Gasteiger partial charge in [0, 0.05) is 28.9 Å². The maximum atomic E-state index is 9.56. The van der Waals surface area contributed by atoms with Crippen molar-refractivity contribution in [2.45, 2.75) is 51.4 Å². The minimum absolute atomic E-state index is 0.00612. The van der Waals surface area contributed by atoms with Gasteiger partial charge in [-0.15, -0.1) is 0 Å². The highest BCUT2D eigenvalue weighted by molar-refractivity contribution is 5.82. The Bertz CT molecular complexity index is 1150. The van der Waals surface area contributed by atoms with Gasteiger partial charge in [-0.1, -0.05) is 74.0 Å². The Morgan fingerprint density at radius 1 is 1.06 bits per heavy atom. The average Bonchev–Trinajstić information content (AvgIpc) is 3.09. The monoisotopic (exact) mass is 419 g/mol. The van der Waals surface area contributed by atoms with E-state index < -0.39 is 0 Å². The van der Waals surface area contributed by atoms with Crippen LogP contribution < -0.4 is 4.90 Å². The molecule has 0 N–H and O–H groups in total. The van der Waals surface area contributed by atoms with Gasteiger partial charge in [0.1, 0.15) is 17.7 Å². The van der Waals surface area contributed by atoms with Gasteiger partial charge in [-0.2, -0.15) is 10.5 Å². The van der Waals surface area contributed by atoms with Crippen molar-refractivity contribution >= 4 is 11.3 Å². The number of hydrogen-bond acceptors (Lipinski definition) is 3. The van der Waals surface area contributed by atoms with E-state index in [0.29, 0.717) is 5.57 Å². The molecule has 1 aliphatic heterocycles. The third kappa shape index (κ3) is 3.76. The fourth-order valence-corrected chi connectivity index (χ4v) is 5.23. The lowest BCUT2D eigenvalue weighted by Gasteiger charge is -2.36. The molecule has 1 unspecified atom stereocenters. The van der Waals surface area contributed by atoms with Crippen molar-refractivity contribution in [1.82, 2.24) is 0 Å². The van der Waals surface area contributed by atoms with E-state index in [9.17, 15) is 10.5 Å². The molecule has 3 nitrogen and oxygen atoms in total. The van der Waals surface area contributed by atoms with Crippen molar-refractivity contribution in [3.8, 4) is 12.1 Å². The molecule has 0 saturated heterocycles. The van der Waals surface area contributed by atoms with Crippen LogP contribution >= 0.6 is 0 Å². The summed E-state index contributed by atoms with van der Waals surface area (Å²) in [6, 6.07) is 22.7. The van der Waals surface area contributed by atoms with E-state index in [1.54, 1.807) is 0 Å². The molecule has 0 spiro atoms. The van der Waals surface area contributed by atoms with Crippen molar-refractivity contribution in [3.05, 3.63) is 94.7 Å². The van der Waals surface area contributed by atoms with Crippen molar-refractivity contribution < 1.29 is 0 Å². The highest BCUT2D eigenvalue weighted by atomic mass is 15.2. The summed E-state index contributed by atoms with van der Waals surface area (Å²) in [7, 11) is 0. The molecule has 0 bridgehead atoms. The third-order valence-corrected chi connectivity index (χ3v) is 6.77. The largest absolute Gasteiger partial charge is 0.344 e. The SMILES string of the molecule is CCCCN1C2=C(/C=C/C(=C(C#N)C#N)c3ccccc3)CCCC2(C)c2ccccc21. The second kappa shape index (κ2) is 9.29. The van der Waals surface area contributed by atoms with E-state index in [-0.39, 0.29) is 11.0 Å². The lowest BCUT2D eigenvalue weighted by molar-refractivity contribution is 0.463. The van der Waals surface area contributed by atoms with Crippen LogP contribution in [0.4, 0.5) is 5.69 Å².